The lowest BCUT2D eigenvalue weighted by Crippen LogP contribution is -2.40. The quantitative estimate of drug-likeness (QED) is 0.871. The zero-order chi connectivity index (χ0) is 12.4. The third-order valence-electron chi connectivity index (χ3n) is 4.05. The molecule has 1 amide bonds. The second-order valence-corrected chi connectivity index (χ2v) is 5.34. The molecular weight excluding hydrogens is 224 g/mol. The van der Waals surface area contributed by atoms with Crippen LogP contribution in [0.1, 0.15) is 24.0 Å². The van der Waals surface area contributed by atoms with Crippen molar-refractivity contribution in [2.75, 3.05) is 19.6 Å². The standard InChI is InChI=1S/C15H20N2O/c18-15(17-7-3-4-8-17)11-16-14-9-12-5-1-2-6-13(12)10-14/h1-2,5-6,14,16H,3-4,7-11H2. The molecule has 1 N–H and O–H groups in total. The summed E-state index contributed by atoms with van der Waals surface area (Å²) < 4.78 is 0. The first-order valence-corrected chi connectivity index (χ1v) is 6.91. The average Bonchev–Trinajstić information content (AvgIpc) is 3.04. The lowest BCUT2D eigenvalue weighted by Gasteiger charge is -2.17. The van der Waals surface area contributed by atoms with Gasteiger partial charge >= 0.3 is 0 Å². The number of amides is 1. The summed E-state index contributed by atoms with van der Waals surface area (Å²) in [6, 6.07) is 9.01. The molecule has 3 nitrogen and oxygen atoms in total. The number of hydrogen-bond donors (Lipinski definition) is 1. The summed E-state index contributed by atoms with van der Waals surface area (Å²) in [5.74, 6) is 0.267. The van der Waals surface area contributed by atoms with Crippen LogP contribution in [0.3, 0.4) is 0 Å². The molecule has 1 aromatic carbocycles. The number of nitrogens with one attached hydrogen (secondary N) is 1. The second kappa shape index (κ2) is 5.11. The van der Waals surface area contributed by atoms with E-state index in [-0.39, 0.29) is 5.91 Å². The number of carbonyl (C=O) groups excluding carboxylic acids is 1. The van der Waals surface area contributed by atoms with E-state index < -0.39 is 0 Å². The molecule has 3 heteroatoms. The molecule has 1 aromatic rings. The molecule has 0 radical (unpaired) electrons. The molecule has 0 unspecified atom stereocenters. The van der Waals surface area contributed by atoms with Crippen molar-refractivity contribution in [1.82, 2.24) is 10.2 Å². The maximum Gasteiger partial charge on any atom is 0.236 e. The van der Waals surface area contributed by atoms with Crippen LogP contribution < -0.4 is 5.32 Å². The fraction of sp³-hybridized carbons (Fsp3) is 0.533. The van der Waals surface area contributed by atoms with Crippen molar-refractivity contribution < 1.29 is 4.79 Å². The van der Waals surface area contributed by atoms with Crippen molar-refractivity contribution in [2.45, 2.75) is 31.7 Å². The van der Waals surface area contributed by atoms with Crippen LogP contribution in [0.25, 0.3) is 0 Å². The lowest BCUT2D eigenvalue weighted by atomic mass is 10.1. The molecule has 0 spiro atoms. The van der Waals surface area contributed by atoms with E-state index in [4.69, 9.17) is 0 Å². The Hall–Kier alpha value is -1.35. The summed E-state index contributed by atoms with van der Waals surface area (Å²) in [5.41, 5.74) is 2.87. The van der Waals surface area contributed by atoms with Gasteiger partial charge in [0.25, 0.3) is 0 Å². The molecule has 1 aliphatic heterocycles. The minimum Gasteiger partial charge on any atom is -0.342 e. The van der Waals surface area contributed by atoms with Gasteiger partial charge in [0.1, 0.15) is 0 Å². The molecule has 3 rings (SSSR count). The van der Waals surface area contributed by atoms with E-state index in [0.717, 1.165) is 25.9 Å². The first-order chi connectivity index (χ1) is 8.83. The molecule has 2 aliphatic rings. The van der Waals surface area contributed by atoms with E-state index >= 15 is 0 Å². The van der Waals surface area contributed by atoms with E-state index in [2.05, 4.69) is 29.6 Å². The van der Waals surface area contributed by atoms with Crippen molar-refractivity contribution in [3.63, 3.8) is 0 Å². The monoisotopic (exact) mass is 244 g/mol. The molecule has 0 aromatic heterocycles. The third-order valence-corrected chi connectivity index (χ3v) is 4.05. The van der Waals surface area contributed by atoms with E-state index in [9.17, 15) is 4.79 Å². The number of rotatable bonds is 3. The number of hydrogen-bond acceptors (Lipinski definition) is 2. The first-order valence-electron chi connectivity index (χ1n) is 6.91. The van der Waals surface area contributed by atoms with Gasteiger partial charge in [-0.3, -0.25) is 4.79 Å². The average molecular weight is 244 g/mol. The Morgan fingerprint density at radius 2 is 1.78 bits per heavy atom. The predicted octanol–water partition coefficient (Wildman–Crippen LogP) is 1.37. The molecule has 0 bridgehead atoms. The van der Waals surface area contributed by atoms with Crippen LogP contribution in [0.5, 0.6) is 0 Å². The van der Waals surface area contributed by atoms with Crippen molar-refractivity contribution in [3.8, 4) is 0 Å². The van der Waals surface area contributed by atoms with Gasteiger partial charge in [0.2, 0.25) is 5.91 Å². The summed E-state index contributed by atoms with van der Waals surface area (Å²) in [6.45, 7) is 2.40. The smallest absolute Gasteiger partial charge is 0.236 e. The van der Waals surface area contributed by atoms with Gasteiger partial charge in [0.15, 0.2) is 0 Å². The van der Waals surface area contributed by atoms with E-state index in [1.54, 1.807) is 0 Å². The molecule has 18 heavy (non-hydrogen) atoms. The van der Waals surface area contributed by atoms with E-state index in [1.807, 2.05) is 4.90 Å². The summed E-state index contributed by atoms with van der Waals surface area (Å²) in [5, 5.41) is 3.41. The van der Waals surface area contributed by atoms with Gasteiger partial charge in [-0.15, -0.1) is 0 Å². The van der Waals surface area contributed by atoms with Gasteiger partial charge < -0.3 is 10.2 Å². The zero-order valence-corrected chi connectivity index (χ0v) is 10.7. The fourth-order valence-corrected chi connectivity index (χ4v) is 3.01. The normalized spacial score (nSPS) is 19.2. The van der Waals surface area contributed by atoms with Crippen LogP contribution >= 0.6 is 0 Å². The van der Waals surface area contributed by atoms with Crippen LogP contribution in [0.2, 0.25) is 0 Å². The Morgan fingerprint density at radius 3 is 2.39 bits per heavy atom. The van der Waals surface area contributed by atoms with Crippen LogP contribution in [0.4, 0.5) is 0 Å². The molecular formula is C15H20N2O. The van der Waals surface area contributed by atoms with Crippen LogP contribution in [0.15, 0.2) is 24.3 Å². The number of likely N-dealkylation sites (tertiary alicyclic amines) is 1. The van der Waals surface area contributed by atoms with Gasteiger partial charge in [-0.2, -0.15) is 0 Å². The Labute approximate surface area is 108 Å². The maximum absolute atomic E-state index is 11.9. The molecule has 0 atom stereocenters. The Balaban J connectivity index is 1.49. The SMILES string of the molecule is O=C(CNC1Cc2ccccc2C1)N1CCCC1. The molecule has 1 aliphatic carbocycles. The van der Waals surface area contributed by atoms with Crippen LogP contribution in [-0.4, -0.2) is 36.5 Å². The third kappa shape index (κ3) is 2.41. The fourth-order valence-electron chi connectivity index (χ4n) is 3.01. The van der Waals surface area contributed by atoms with Gasteiger partial charge in [-0.05, 0) is 36.8 Å². The minimum atomic E-state index is 0.267. The maximum atomic E-state index is 11.9. The van der Waals surface area contributed by atoms with Gasteiger partial charge in [0, 0.05) is 19.1 Å². The summed E-state index contributed by atoms with van der Waals surface area (Å²) >= 11 is 0. The highest BCUT2D eigenvalue weighted by Gasteiger charge is 2.23. The van der Waals surface area contributed by atoms with E-state index in [0.29, 0.717) is 12.6 Å². The second-order valence-electron chi connectivity index (χ2n) is 5.34. The zero-order valence-electron chi connectivity index (χ0n) is 10.7. The summed E-state index contributed by atoms with van der Waals surface area (Å²) in [6.07, 6.45) is 4.45. The first kappa shape index (κ1) is 11.7. The highest BCUT2D eigenvalue weighted by molar-refractivity contribution is 5.78. The van der Waals surface area contributed by atoms with Crippen molar-refractivity contribution in [1.29, 1.82) is 0 Å². The van der Waals surface area contributed by atoms with Crippen LogP contribution in [0, 0.1) is 0 Å². The topological polar surface area (TPSA) is 32.3 Å². The minimum absolute atomic E-state index is 0.267. The Bertz CT molecular complexity index is 413. The van der Waals surface area contributed by atoms with Crippen molar-refractivity contribution in [3.05, 3.63) is 35.4 Å². The molecule has 96 valence electrons. The predicted molar refractivity (Wildman–Crippen MR) is 71.5 cm³/mol. The largest absolute Gasteiger partial charge is 0.342 e. The number of nitrogens with zero attached hydrogens (tertiary/aromatic N) is 1. The van der Waals surface area contributed by atoms with E-state index in [1.165, 1.54) is 24.0 Å². The van der Waals surface area contributed by atoms with Gasteiger partial charge in [-0.25, -0.2) is 0 Å². The Kier molecular flexibility index (Phi) is 3.33. The Morgan fingerprint density at radius 1 is 1.17 bits per heavy atom. The highest BCUT2D eigenvalue weighted by Crippen LogP contribution is 2.21. The van der Waals surface area contributed by atoms with Crippen molar-refractivity contribution in [2.24, 2.45) is 0 Å². The molecule has 0 saturated carbocycles. The molecule has 1 heterocycles. The molecule has 1 fully saturated rings. The lowest BCUT2D eigenvalue weighted by molar-refractivity contribution is -0.129. The summed E-state index contributed by atoms with van der Waals surface area (Å²) in [4.78, 5) is 13.9. The number of benzene rings is 1. The summed E-state index contributed by atoms with van der Waals surface area (Å²) in [7, 11) is 0. The van der Waals surface area contributed by atoms with Crippen LogP contribution in [-0.2, 0) is 17.6 Å². The van der Waals surface area contributed by atoms with Gasteiger partial charge in [-0.1, -0.05) is 24.3 Å². The highest BCUT2D eigenvalue weighted by atomic mass is 16.2. The van der Waals surface area contributed by atoms with Crippen molar-refractivity contribution >= 4 is 5.91 Å². The number of carbonyl (C=O) groups is 1. The van der Waals surface area contributed by atoms with Gasteiger partial charge in [0.05, 0.1) is 6.54 Å². The number of fused-ring (bicyclic) bond motifs is 1. The molecule has 1 saturated heterocycles.